The number of benzene rings is 1. The van der Waals surface area contributed by atoms with E-state index in [1.54, 1.807) is 11.9 Å². The van der Waals surface area contributed by atoms with Crippen LogP contribution in [0.5, 0.6) is 0 Å². The largest absolute Gasteiger partial charge is 0.338 e. The number of carbonyl (C=O) groups is 1. The number of hydrogen-bond donors (Lipinski definition) is 1. The Kier molecular flexibility index (Phi) is 5.28. The second kappa shape index (κ2) is 7.61. The van der Waals surface area contributed by atoms with E-state index in [1.165, 1.54) is 11.3 Å². The molecule has 1 N–H and O–H groups in total. The molecule has 3 rings (SSSR count). The Hall–Kier alpha value is -2.47. The van der Waals surface area contributed by atoms with Crippen LogP contribution in [0.4, 0.5) is 0 Å². The van der Waals surface area contributed by atoms with Crippen LogP contribution >= 0.6 is 11.3 Å². The Morgan fingerprint density at radius 2 is 2.04 bits per heavy atom. The van der Waals surface area contributed by atoms with Crippen molar-refractivity contribution in [3.63, 3.8) is 0 Å². The summed E-state index contributed by atoms with van der Waals surface area (Å²) in [7, 11) is 1.76. The van der Waals surface area contributed by atoms with Gasteiger partial charge in [0.1, 0.15) is 10.5 Å². The second-order valence-corrected chi connectivity index (χ2v) is 7.01. The maximum absolute atomic E-state index is 12.9. The molecular formula is C19H21N3O2S. The van der Waals surface area contributed by atoms with Gasteiger partial charge in [-0.25, -0.2) is 4.98 Å². The zero-order valence-corrected chi connectivity index (χ0v) is 15.2. The van der Waals surface area contributed by atoms with Crippen LogP contribution in [0.3, 0.4) is 0 Å². The topological polar surface area (TPSA) is 66.1 Å². The summed E-state index contributed by atoms with van der Waals surface area (Å²) >= 11 is 1.37. The molecular weight excluding hydrogens is 334 g/mol. The maximum atomic E-state index is 12.9. The molecule has 130 valence electrons. The molecule has 0 saturated heterocycles. The molecule has 2 aromatic heterocycles. The number of thiophene rings is 1. The van der Waals surface area contributed by atoms with Crippen LogP contribution in [-0.2, 0) is 11.3 Å². The molecule has 1 unspecified atom stereocenters. The number of fused-ring (bicyclic) bond motifs is 1. The van der Waals surface area contributed by atoms with E-state index in [2.05, 4.69) is 16.9 Å². The van der Waals surface area contributed by atoms with E-state index in [9.17, 15) is 9.59 Å². The normalized spacial score (nSPS) is 12.2. The van der Waals surface area contributed by atoms with Crippen molar-refractivity contribution in [2.24, 2.45) is 0 Å². The van der Waals surface area contributed by atoms with Crippen molar-refractivity contribution in [2.45, 2.75) is 32.2 Å². The van der Waals surface area contributed by atoms with E-state index in [1.807, 2.05) is 41.8 Å². The van der Waals surface area contributed by atoms with Crippen molar-refractivity contribution in [3.8, 4) is 0 Å². The van der Waals surface area contributed by atoms with Crippen LogP contribution in [-0.4, -0.2) is 27.8 Å². The fourth-order valence-electron chi connectivity index (χ4n) is 2.97. The van der Waals surface area contributed by atoms with E-state index < -0.39 is 0 Å². The number of carbonyl (C=O) groups excluding carboxylic acids is 1. The monoisotopic (exact) mass is 355 g/mol. The average molecular weight is 355 g/mol. The highest BCUT2D eigenvalue weighted by Gasteiger charge is 2.23. The van der Waals surface area contributed by atoms with Crippen molar-refractivity contribution in [3.05, 3.63) is 63.5 Å². The summed E-state index contributed by atoms with van der Waals surface area (Å²) in [5, 5.41) is 1.85. The third-order valence-corrected chi connectivity index (χ3v) is 5.11. The summed E-state index contributed by atoms with van der Waals surface area (Å²) in [6.07, 6.45) is 1.72. The number of aromatic amines is 1. The van der Waals surface area contributed by atoms with Gasteiger partial charge in [-0.3, -0.25) is 9.59 Å². The van der Waals surface area contributed by atoms with Gasteiger partial charge >= 0.3 is 0 Å². The van der Waals surface area contributed by atoms with Crippen molar-refractivity contribution in [1.29, 1.82) is 0 Å². The lowest BCUT2D eigenvalue weighted by molar-refractivity contribution is -0.132. The lowest BCUT2D eigenvalue weighted by Gasteiger charge is -2.23. The zero-order chi connectivity index (χ0) is 17.8. The molecule has 0 saturated carbocycles. The predicted octanol–water partition coefficient (Wildman–Crippen LogP) is 3.53. The Labute approximate surface area is 150 Å². The smallest absolute Gasteiger partial charge is 0.268 e. The number of H-pyrrole nitrogens is 1. The molecule has 0 fully saturated rings. The van der Waals surface area contributed by atoms with E-state index in [0.717, 1.165) is 18.4 Å². The first-order chi connectivity index (χ1) is 12.1. The van der Waals surface area contributed by atoms with Gasteiger partial charge in [-0.15, -0.1) is 11.3 Å². The predicted molar refractivity (Wildman–Crippen MR) is 101 cm³/mol. The summed E-state index contributed by atoms with van der Waals surface area (Å²) in [4.78, 5) is 33.9. The van der Waals surface area contributed by atoms with E-state index in [0.29, 0.717) is 16.0 Å². The first kappa shape index (κ1) is 17.4. The summed E-state index contributed by atoms with van der Waals surface area (Å²) in [6, 6.07) is 11.7. The highest BCUT2D eigenvalue weighted by atomic mass is 32.1. The SMILES string of the molecule is CCCC(C(=O)N(C)Cc1nc2ccsc2c(=O)[nH]1)c1ccccc1. The van der Waals surface area contributed by atoms with Gasteiger partial charge in [0.15, 0.2) is 0 Å². The molecule has 25 heavy (non-hydrogen) atoms. The van der Waals surface area contributed by atoms with Gasteiger partial charge in [-0.2, -0.15) is 0 Å². The van der Waals surface area contributed by atoms with E-state index in [4.69, 9.17) is 0 Å². The average Bonchev–Trinajstić information content (AvgIpc) is 3.09. The van der Waals surface area contributed by atoms with Gasteiger partial charge < -0.3 is 9.88 Å². The number of nitrogens with zero attached hydrogens (tertiary/aromatic N) is 2. The van der Waals surface area contributed by atoms with Gasteiger partial charge in [-0.1, -0.05) is 43.7 Å². The van der Waals surface area contributed by atoms with Gasteiger partial charge in [0, 0.05) is 7.05 Å². The molecule has 5 nitrogen and oxygen atoms in total. The molecule has 1 amide bonds. The Bertz CT molecular complexity index is 917. The molecule has 0 aliphatic heterocycles. The van der Waals surface area contributed by atoms with Crippen molar-refractivity contribution in [2.75, 3.05) is 7.05 Å². The summed E-state index contributed by atoms with van der Waals surface area (Å²) in [6.45, 7) is 2.36. The molecule has 1 aromatic carbocycles. The Balaban J connectivity index is 1.81. The Morgan fingerprint density at radius 1 is 1.28 bits per heavy atom. The van der Waals surface area contributed by atoms with Gasteiger partial charge in [0.2, 0.25) is 5.91 Å². The number of aromatic nitrogens is 2. The summed E-state index contributed by atoms with van der Waals surface area (Å²) < 4.78 is 0.617. The quantitative estimate of drug-likeness (QED) is 0.736. The maximum Gasteiger partial charge on any atom is 0.268 e. The van der Waals surface area contributed by atoms with Crippen LogP contribution < -0.4 is 5.56 Å². The first-order valence-electron chi connectivity index (χ1n) is 8.36. The number of nitrogens with one attached hydrogen (secondary N) is 1. The summed E-state index contributed by atoms with van der Waals surface area (Å²) in [5.41, 5.74) is 1.55. The third-order valence-electron chi connectivity index (χ3n) is 4.20. The van der Waals surface area contributed by atoms with Crippen LogP contribution in [0.25, 0.3) is 10.2 Å². The molecule has 0 radical (unpaired) electrons. The van der Waals surface area contributed by atoms with Crippen molar-refractivity contribution in [1.82, 2.24) is 14.9 Å². The van der Waals surface area contributed by atoms with Crippen LogP contribution in [0.15, 0.2) is 46.6 Å². The van der Waals surface area contributed by atoms with Gasteiger partial charge in [0.05, 0.1) is 18.0 Å². The molecule has 3 aromatic rings. The fraction of sp³-hybridized carbons (Fsp3) is 0.316. The lowest BCUT2D eigenvalue weighted by Crippen LogP contribution is -2.32. The van der Waals surface area contributed by atoms with E-state index in [-0.39, 0.29) is 23.9 Å². The van der Waals surface area contributed by atoms with Crippen LogP contribution in [0, 0.1) is 0 Å². The second-order valence-electron chi connectivity index (χ2n) is 6.09. The molecule has 0 spiro atoms. The summed E-state index contributed by atoms with van der Waals surface area (Å²) in [5.74, 6) is 0.379. The van der Waals surface area contributed by atoms with Gasteiger partial charge in [0.25, 0.3) is 5.56 Å². The minimum absolute atomic E-state index is 0.0427. The fourth-order valence-corrected chi connectivity index (χ4v) is 3.70. The van der Waals surface area contributed by atoms with Crippen LogP contribution in [0.2, 0.25) is 0 Å². The molecule has 0 aliphatic rings. The minimum Gasteiger partial charge on any atom is -0.338 e. The van der Waals surface area contributed by atoms with Gasteiger partial charge in [-0.05, 0) is 23.4 Å². The van der Waals surface area contributed by atoms with Crippen LogP contribution in [0.1, 0.15) is 37.1 Å². The van der Waals surface area contributed by atoms with Crippen molar-refractivity contribution >= 4 is 27.5 Å². The third kappa shape index (κ3) is 3.79. The molecule has 0 bridgehead atoms. The number of rotatable bonds is 6. The van der Waals surface area contributed by atoms with E-state index >= 15 is 0 Å². The standard InChI is InChI=1S/C19H21N3O2S/c1-3-7-14(13-8-5-4-6-9-13)19(24)22(2)12-16-20-15-10-11-25-17(15)18(23)21-16/h4-6,8-11,14H,3,7,12H2,1-2H3,(H,20,21,23). The number of hydrogen-bond acceptors (Lipinski definition) is 4. The minimum atomic E-state index is -0.173. The highest BCUT2D eigenvalue weighted by Crippen LogP contribution is 2.24. The number of likely N-dealkylation sites (N-methyl/N-ethyl adjacent to an activating group) is 1. The van der Waals surface area contributed by atoms with Crippen molar-refractivity contribution < 1.29 is 4.79 Å². The molecule has 6 heteroatoms. The molecule has 1 atom stereocenters. The molecule has 2 heterocycles. The zero-order valence-electron chi connectivity index (χ0n) is 14.4. The Morgan fingerprint density at radius 3 is 2.76 bits per heavy atom. The lowest BCUT2D eigenvalue weighted by atomic mass is 9.93. The molecule has 0 aliphatic carbocycles. The highest BCUT2D eigenvalue weighted by molar-refractivity contribution is 7.17. The number of amides is 1. The first-order valence-corrected chi connectivity index (χ1v) is 9.24.